The average Bonchev–Trinajstić information content (AvgIpc) is 2.76. The largest absolute Gasteiger partial charge is 0.507 e. The number of aliphatic hydroxyl groups is 1. The zero-order chi connectivity index (χ0) is 21.8. The van der Waals surface area contributed by atoms with Crippen LogP contribution >= 0.6 is 0 Å². The molecule has 0 saturated carbocycles. The molecule has 0 radical (unpaired) electrons. The number of rotatable bonds is 4. The molecule has 4 rings (SSSR count). The predicted molar refractivity (Wildman–Crippen MR) is 117 cm³/mol. The van der Waals surface area contributed by atoms with Crippen molar-refractivity contribution in [3.8, 4) is 11.5 Å². The molecular formula is C24H18O6S. The minimum absolute atomic E-state index is 0.0329. The van der Waals surface area contributed by atoms with Gasteiger partial charge in [0.2, 0.25) is 5.78 Å². The lowest BCUT2D eigenvalue weighted by Gasteiger charge is -2.18. The number of Topliss-reactive ketones (excluding diaryl/α,β-unsaturated/α-hetero) is 1. The van der Waals surface area contributed by atoms with Gasteiger partial charge in [-0.3, -0.25) is 4.79 Å². The summed E-state index contributed by atoms with van der Waals surface area (Å²) >= 11 is 0. The van der Waals surface area contributed by atoms with Crippen molar-refractivity contribution in [2.24, 2.45) is 0 Å². The fourth-order valence-electron chi connectivity index (χ4n) is 3.11. The van der Waals surface area contributed by atoms with E-state index in [2.05, 4.69) is 0 Å². The van der Waals surface area contributed by atoms with Crippen molar-refractivity contribution in [1.82, 2.24) is 0 Å². The van der Waals surface area contributed by atoms with Crippen molar-refractivity contribution in [3.05, 3.63) is 113 Å². The molecule has 31 heavy (non-hydrogen) atoms. The maximum atomic E-state index is 12.5. The zero-order valence-electron chi connectivity index (χ0n) is 16.3. The summed E-state index contributed by atoms with van der Waals surface area (Å²) in [7, 11) is -4.15. The highest BCUT2D eigenvalue weighted by molar-refractivity contribution is 7.92. The Morgan fingerprint density at radius 3 is 2.29 bits per heavy atom. The van der Waals surface area contributed by atoms with Gasteiger partial charge in [0.15, 0.2) is 10.7 Å². The maximum absolute atomic E-state index is 12.5. The number of carbonyl (C=O) groups is 1. The highest BCUT2D eigenvalue weighted by Gasteiger charge is 2.35. The monoisotopic (exact) mass is 434 g/mol. The Kier molecular flexibility index (Phi) is 5.60. The molecule has 0 bridgehead atoms. The fraction of sp³-hybridized carbons (Fsp3) is 0.0417. The third kappa shape index (κ3) is 4.22. The van der Waals surface area contributed by atoms with E-state index < -0.39 is 20.8 Å². The average molecular weight is 434 g/mol. The van der Waals surface area contributed by atoms with Crippen LogP contribution in [0.3, 0.4) is 0 Å². The first-order valence-electron chi connectivity index (χ1n) is 9.41. The summed E-state index contributed by atoms with van der Waals surface area (Å²) in [4.78, 5) is 12.0. The smallest absolute Gasteiger partial charge is 0.343 e. The van der Waals surface area contributed by atoms with Crippen LogP contribution in [0.1, 0.15) is 15.9 Å². The first kappa shape index (κ1) is 20.4. The number of para-hydroxylation sites is 2. The molecule has 2 aromatic rings. The number of ether oxygens (including phenoxy) is 1. The van der Waals surface area contributed by atoms with Gasteiger partial charge in [-0.15, -0.1) is 0 Å². The molecule has 2 aliphatic rings. The Balaban J connectivity index is 1.45. The van der Waals surface area contributed by atoms with Crippen LogP contribution in [0, 0.1) is 0 Å². The number of ketones is 1. The van der Waals surface area contributed by atoms with Gasteiger partial charge in [-0.1, -0.05) is 60.7 Å². The van der Waals surface area contributed by atoms with Gasteiger partial charge in [0, 0.05) is 5.57 Å². The lowest BCUT2D eigenvalue weighted by Crippen LogP contribution is -2.25. The summed E-state index contributed by atoms with van der Waals surface area (Å²) in [6, 6.07) is 13.5. The van der Waals surface area contributed by atoms with Crippen LogP contribution < -0.4 is 8.92 Å². The molecule has 0 fully saturated rings. The van der Waals surface area contributed by atoms with Gasteiger partial charge in [0.05, 0.1) is 11.1 Å². The van der Waals surface area contributed by atoms with Crippen molar-refractivity contribution >= 4 is 21.7 Å². The number of allylic oxidation sites excluding steroid dienone is 7. The second-order valence-electron chi connectivity index (χ2n) is 6.68. The molecule has 0 spiro atoms. The van der Waals surface area contributed by atoms with E-state index in [4.69, 9.17) is 8.92 Å². The van der Waals surface area contributed by atoms with E-state index in [0.717, 1.165) is 0 Å². The molecule has 2 heterocycles. The number of hydrogen-bond donors (Lipinski definition) is 1. The topological polar surface area (TPSA) is 89.9 Å². The number of aliphatic hydroxyl groups excluding tert-OH is 1. The first-order valence-corrected chi connectivity index (χ1v) is 10.8. The van der Waals surface area contributed by atoms with Gasteiger partial charge in [-0.25, -0.2) is 0 Å². The molecule has 0 saturated heterocycles. The number of fused-ring (bicyclic) bond motifs is 2. The van der Waals surface area contributed by atoms with Crippen molar-refractivity contribution in [2.45, 2.75) is 0 Å². The number of carbonyl (C=O) groups excluding carboxylic acids is 1. The summed E-state index contributed by atoms with van der Waals surface area (Å²) in [5, 5.41) is 10.4. The summed E-state index contributed by atoms with van der Waals surface area (Å²) in [5.74, 6) is 0.247. The summed E-state index contributed by atoms with van der Waals surface area (Å²) in [6.45, 7) is 0.260. The highest BCUT2D eigenvalue weighted by atomic mass is 32.2. The first-order chi connectivity index (χ1) is 15.0. The van der Waals surface area contributed by atoms with Crippen LogP contribution in [0.25, 0.3) is 5.76 Å². The second kappa shape index (κ2) is 8.49. The molecule has 0 atom stereocenters. The zero-order valence-corrected chi connectivity index (χ0v) is 17.1. The van der Waals surface area contributed by atoms with Crippen LogP contribution in [0.4, 0.5) is 0 Å². The van der Waals surface area contributed by atoms with E-state index in [-0.39, 0.29) is 23.7 Å². The minimum atomic E-state index is -4.15. The molecule has 0 amide bonds. The molecular weight excluding hydrogens is 416 g/mol. The lowest BCUT2D eigenvalue weighted by molar-refractivity contribution is 0.103. The summed E-state index contributed by atoms with van der Waals surface area (Å²) in [5.41, 5.74) is 1.50. The Morgan fingerprint density at radius 2 is 1.48 bits per heavy atom. The van der Waals surface area contributed by atoms with Crippen LogP contribution in [-0.4, -0.2) is 25.9 Å². The predicted octanol–water partition coefficient (Wildman–Crippen LogP) is 4.51. The third-order valence-electron chi connectivity index (χ3n) is 4.64. The van der Waals surface area contributed by atoms with Gasteiger partial charge in [0.25, 0.3) is 0 Å². The summed E-state index contributed by atoms with van der Waals surface area (Å²) < 4.78 is 35.0. The van der Waals surface area contributed by atoms with E-state index in [0.29, 0.717) is 16.9 Å². The molecule has 7 heteroatoms. The fourth-order valence-corrected chi connectivity index (χ4v) is 4.17. The number of benzene rings is 2. The Bertz CT molecular complexity index is 1290. The van der Waals surface area contributed by atoms with E-state index >= 15 is 0 Å². The van der Waals surface area contributed by atoms with Crippen molar-refractivity contribution in [3.63, 3.8) is 0 Å². The van der Waals surface area contributed by atoms with E-state index in [1.807, 2.05) is 12.1 Å². The van der Waals surface area contributed by atoms with Crippen LogP contribution in [0.5, 0.6) is 11.5 Å². The molecule has 2 aliphatic heterocycles. The Hall–Kier alpha value is -3.84. The Labute approximate surface area is 179 Å². The lowest BCUT2D eigenvalue weighted by atomic mass is 10.0. The minimum Gasteiger partial charge on any atom is -0.507 e. The van der Waals surface area contributed by atoms with Crippen molar-refractivity contribution in [1.29, 1.82) is 0 Å². The Morgan fingerprint density at radius 1 is 0.839 bits per heavy atom. The highest BCUT2D eigenvalue weighted by Crippen LogP contribution is 2.32. The van der Waals surface area contributed by atoms with E-state index in [1.165, 1.54) is 24.3 Å². The van der Waals surface area contributed by atoms with E-state index in [9.17, 15) is 18.3 Å². The molecule has 0 unspecified atom stereocenters. The second-order valence-corrected chi connectivity index (χ2v) is 8.20. The van der Waals surface area contributed by atoms with Gasteiger partial charge in [-0.2, -0.15) is 8.42 Å². The molecule has 6 nitrogen and oxygen atoms in total. The van der Waals surface area contributed by atoms with Crippen LogP contribution in [-0.2, 0) is 10.1 Å². The number of hydrogen-bond acceptors (Lipinski definition) is 6. The van der Waals surface area contributed by atoms with Gasteiger partial charge >= 0.3 is 10.1 Å². The molecule has 1 N–H and O–H groups in total. The molecule has 156 valence electrons. The standard InChI is InChI=1S/C24H18O6S/c25-23-17(16-29-20-13-8-6-11-18(20)23)10-4-2-1-3-5-15-22-24(26)19-12-7-9-14-21(19)30-31(22,27)28/h1-15,25H,16H2/b2-1+,5-3+,10-4+,22-15-. The van der Waals surface area contributed by atoms with Crippen LogP contribution in [0.2, 0.25) is 0 Å². The maximum Gasteiger partial charge on any atom is 0.343 e. The quantitative estimate of drug-likeness (QED) is 0.433. The molecule has 0 aromatic heterocycles. The van der Waals surface area contributed by atoms with Crippen LogP contribution in [0.15, 0.2) is 102 Å². The SMILES string of the molecule is O=C1/C(=C/C=C/C=C/C=C/C2=C(O)c3ccccc3OC2)S(=O)(=O)Oc2ccccc21. The van der Waals surface area contributed by atoms with E-state index in [1.54, 1.807) is 54.6 Å². The normalized spacial score (nSPS) is 19.0. The molecule has 0 aliphatic carbocycles. The van der Waals surface area contributed by atoms with Gasteiger partial charge in [-0.05, 0) is 30.3 Å². The van der Waals surface area contributed by atoms with Gasteiger partial charge < -0.3 is 14.0 Å². The molecule has 2 aromatic carbocycles. The van der Waals surface area contributed by atoms with Crippen molar-refractivity contribution in [2.75, 3.05) is 6.61 Å². The van der Waals surface area contributed by atoms with Gasteiger partial charge in [0.1, 0.15) is 18.1 Å². The third-order valence-corrected chi connectivity index (χ3v) is 5.90. The summed E-state index contributed by atoms with van der Waals surface area (Å²) in [6.07, 6.45) is 11.1. The van der Waals surface area contributed by atoms with Crippen molar-refractivity contribution < 1.29 is 27.2 Å².